The molecule has 0 saturated heterocycles. The SMILES string of the molecule is Nc1cncc2c1c(-c1ccc(Oc3ccccc3)cc1)nn2-c1ccccn1. The Morgan fingerprint density at radius 3 is 2.31 bits per heavy atom. The second-order valence-electron chi connectivity index (χ2n) is 6.51. The summed E-state index contributed by atoms with van der Waals surface area (Å²) in [5.41, 5.74) is 9.35. The molecule has 3 heterocycles. The molecule has 29 heavy (non-hydrogen) atoms. The normalized spacial score (nSPS) is 10.9. The lowest BCUT2D eigenvalue weighted by atomic mass is 10.1. The molecular weight excluding hydrogens is 362 g/mol. The Hall–Kier alpha value is -4.19. The first kappa shape index (κ1) is 16.9. The van der Waals surface area contributed by atoms with Gasteiger partial charge in [-0.2, -0.15) is 5.10 Å². The summed E-state index contributed by atoms with van der Waals surface area (Å²) in [6, 6.07) is 23.2. The Bertz CT molecular complexity index is 1270. The van der Waals surface area contributed by atoms with E-state index in [1.807, 2.05) is 72.8 Å². The molecule has 0 aliphatic rings. The van der Waals surface area contributed by atoms with E-state index in [4.69, 9.17) is 15.6 Å². The van der Waals surface area contributed by atoms with E-state index in [9.17, 15) is 0 Å². The van der Waals surface area contributed by atoms with E-state index in [-0.39, 0.29) is 0 Å². The minimum atomic E-state index is 0.573. The van der Waals surface area contributed by atoms with Crippen LogP contribution in [0.1, 0.15) is 0 Å². The Morgan fingerprint density at radius 1 is 0.793 bits per heavy atom. The molecule has 0 radical (unpaired) electrons. The second-order valence-corrected chi connectivity index (χ2v) is 6.51. The van der Waals surface area contributed by atoms with Crippen molar-refractivity contribution in [3.8, 4) is 28.6 Å². The van der Waals surface area contributed by atoms with Gasteiger partial charge in [-0.15, -0.1) is 0 Å². The van der Waals surface area contributed by atoms with E-state index in [0.29, 0.717) is 11.5 Å². The number of ether oxygens (including phenoxy) is 1. The molecule has 0 fully saturated rings. The third-order valence-electron chi connectivity index (χ3n) is 4.59. The first-order valence-electron chi connectivity index (χ1n) is 9.16. The van der Waals surface area contributed by atoms with Crippen molar-refractivity contribution in [3.05, 3.63) is 91.4 Å². The monoisotopic (exact) mass is 379 g/mol. The van der Waals surface area contributed by atoms with Gasteiger partial charge in [0.25, 0.3) is 0 Å². The predicted molar refractivity (Wildman–Crippen MR) is 113 cm³/mol. The average Bonchev–Trinajstić information content (AvgIpc) is 3.17. The summed E-state index contributed by atoms with van der Waals surface area (Å²) in [5, 5.41) is 5.65. The number of hydrogen-bond acceptors (Lipinski definition) is 5. The molecule has 0 aliphatic heterocycles. The number of pyridine rings is 2. The molecule has 0 saturated carbocycles. The van der Waals surface area contributed by atoms with Crippen LogP contribution in [0.4, 0.5) is 5.69 Å². The average molecular weight is 379 g/mol. The molecule has 2 N–H and O–H groups in total. The topological polar surface area (TPSA) is 78.9 Å². The van der Waals surface area contributed by atoms with Crippen LogP contribution in [0.15, 0.2) is 91.4 Å². The molecule has 5 aromatic rings. The van der Waals surface area contributed by atoms with Crippen molar-refractivity contribution in [3.63, 3.8) is 0 Å². The highest BCUT2D eigenvalue weighted by Crippen LogP contribution is 2.34. The van der Waals surface area contributed by atoms with Crippen molar-refractivity contribution in [2.75, 3.05) is 5.73 Å². The maximum Gasteiger partial charge on any atom is 0.154 e. The Balaban J connectivity index is 1.58. The van der Waals surface area contributed by atoms with Gasteiger partial charge in [-0.25, -0.2) is 9.67 Å². The van der Waals surface area contributed by atoms with Gasteiger partial charge < -0.3 is 10.5 Å². The smallest absolute Gasteiger partial charge is 0.154 e. The summed E-state index contributed by atoms with van der Waals surface area (Å²) in [5.74, 6) is 2.25. The first-order chi connectivity index (χ1) is 14.3. The van der Waals surface area contributed by atoms with Crippen LogP contribution in [0, 0.1) is 0 Å². The van der Waals surface area contributed by atoms with Gasteiger partial charge in [-0.1, -0.05) is 24.3 Å². The zero-order chi connectivity index (χ0) is 19.6. The number of rotatable bonds is 4. The van der Waals surface area contributed by atoms with E-state index in [1.54, 1.807) is 23.3 Å². The number of nitrogen functional groups attached to an aromatic ring is 1. The highest BCUT2D eigenvalue weighted by molar-refractivity contribution is 6.01. The first-order valence-corrected chi connectivity index (χ1v) is 9.16. The van der Waals surface area contributed by atoms with E-state index < -0.39 is 0 Å². The van der Waals surface area contributed by atoms with Gasteiger partial charge in [0.15, 0.2) is 5.82 Å². The minimum absolute atomic E-state index is 0.573. The molecule has 0 aliphatic carbocycles. The molecule has 6 heteroatoms. The lowest BCUT2D eigenvalue weighted by molar-refractivity contribution is 0.483. The van der Waals surface area contributed by atoms with E-state index >= 15 is 0 Å². The van der Waals surface area contributed by atoms with Gasteiger partial charge >= 0.3 is 0 Å². The number of nitrogens with two attached hydrogens (primary N) is 1. The van der Waals surface area contributed by atoms with Crippen LogP contribution in [0.3, 0.4) is 0 Å². The fraction of sp³-hybridized carbons (Fsp3) is 0. The minimum Gasteiger partial charge on any atom is -0.457 e. The molecule has 3 aromatic heterocycles. The van der Waals surface area contributed by atoms with Crippen LogP contribution in [0.5, 0.6) is 11.5 Å². The summed E-state index contributed by atoms with van der Waals surface area (Å²) in [6.45, 7) is 0. The zero-order valence-electron chi connectivity index (χ0n) is 15.4. The van der Waals surface area contributed by atoms with Crippen LogP contribution >= 0.6 is 0 Å². The van der Waals surface area contributed by atoms with Crippen LogP contribution in [0.25, 0.3) is 28.0 Å². The summed E-state index contributed by atoms with van der Waals surface area (Å²) in [4.78, 5) is 8.64. The molecular formula is C23H17N5O. The van der Waals surface area contributed by atoms with Crippen LogP contribution in [-0.2, 0) is 0 Å². The number of benzene rings is 2. The standard InChI is InChI=1S/C23H17N5O/c24-19-14-25-15-20-22(19)23(27-28(20)21-8-4-5-13-26-21)16-9-11-18(12-10-16)29-17-6-2-1-3-7-17/h1-15H,24H2. The lowest BCUT2D eigenvalue weighted by Gasteiger charge is -2.06. The van der Waals surface area contributed by atoms with Gasteiger partial charge in [0.2, 0.25) is 0 Å². The van der Waals surface area contributed by atoms with E-state index in [0.717, 1.165) is 33.7 Å². The number of aromatic nitrogens is 4. The molecule has 5 rings (SSSR count). The predicted octanol–water partition coefficient (Wildman–Crippen LogP) is 4.86. The second kappa shape index (κ2) is 7.09. The number of para-hydroxylation sites is 1. The van der Waals surface area contributed by atoms with Gasteiger partial charge in [-0.05, 0) is 48.5 Å². The van der Waals surface area contributed by atoms with Crippen molar-refractivity contribution in [1.29, 1.82) is 0 Å². The van der Waals surface area contributed by atoms with Crippen molar-refractivity contribution in [1.82, 2.24) is 19.7 Å². The molecule has 0 bridgehead atoms. The lowest BCUT2D eigenvalue weighted by Crippen LogP contribution is -1.99. The van der Waals surface area contributed by atoms with Crippen molar-refractivity contribution >= 4 is 16.6 Å². The molecule has 140 valence electrons. The summed E-state index contributed by atoms with van der Waals surface area (Å²) >= 11 is 0. The molecule has 0 spiro atoms. The third kappa shape index (κ3) is 3.17. The largest absolute Gasteiger partial charge is 0.457 e. The molecule has 0 unspecified atom stereocenters. The summed E-state index contributed by atoms with van der Waals surface area (Å²) in [7, 11) is 0. The highest BCUT2D eigenvalue weighted by atomic mass is 16.5. The number of hydrogen-bond donors (Lipinski definition) is 1. The van der Waals surface area contributed by atoms with E-state index in [1.165, 1.54) is 0 Å². The zero-order valence-corrected chi connectivity index (χ0v) is 15.4. The Morgan fingerprint density at radius 2 is 1.55 bits per heavy atom. The van der Waals surface area contributed by atoms with Crippen LogP contribution in [0.2, 0.25) is 0 Å². The van der Waals surface area contributed by atoms with Gasteiger partial charge in [0.1, 0.15) is 17.2 Å². The van der Waals surface area contributed by atoms with Crippen LogP contribution < -0.4 is 10.5 Å². The van der Waals surface area contributed by atoms with Crippen molar-refractivity contribution in [2.45, 2.75) is 0 Å². The van der Waals surface area contributed by atoms with Crippen molar-refractivity contribution in [2.24, 2.45) is 0 Å². The number of anilines is 1. The van der Waals surface area contributed by atoms with Gasteiger partial charge in [0.05, 0.1) is 29.0 Å². The molecule has 0 amide bonds. The fourth-order valence-electron chi connectivity index (χ4n) is 3.25. The van der Waals surface area contributed by atoms with Crippen molar-refractivity contribution < 1.29 is 4.74 Å². The quantitative estimate of drug-likeness (QED) is 0.482. The third-order valence-corrected chi connectivity index (χ3v) is 4.59. The number of fused-ring (bicyclic) bond motifs is 1. The van der Waals surface area contributed by atoms with Gasteiger partial charge in [0, 0.05) is 11.8 Å². The van der Waals surface area contributed by atoms with Gasteiger partial charge in [-0.3, -0.25) is 4.98 Å². The fourth-order valence-corrected chi connectivity index (χ4v) is 3.25. The molecule has 2 aromatic carbocycles. The number of nitrogens with zero attached hydrogens (tertiary/aromatic N) is 4. The molecule has 0 atom stereocenters. The van der Waals surface area contributed by atoms with Crippen LogP contribution in [-0.4, -0.2) is 19.7 Å². The summed E-state index contributed by atoms with van der Waals surface area (Å²) < 4.78 is 7.65. The Labute approximate surface area is 167 Å². The maximum atomic E-state index is 6.26. The highest BCUT2D eigenvalue weighted by Gasteiger charge is 2.17. The maximum absolute atomic E-state index is 6.26. The van der Waals surface area contributed by atoms with E-state index in [2.05, 4.69) is 9.97 Å². The summed E-state index contributed by atoms with van der Waals surface area (Å²) in [6.07, 6.45) is 5.13. The molecule has 6 nitrogen and oxygen atoms in total. The Kier molecular flexibility index (Phi) is 4.14.